The highest BCUT2D eigenvalue weighted by molar-refractivity contribution is 7.71. The van der Waals surface area contributed by atoms with E-state index in [9.17, 15) is 27.6 Å². The summed E-state index contributed by atoms with van der Waals surface area (Å²) < 4.78 is 44.3. The summed E-state index contributed by atoms with van der Waals surface area (Å²) >= 11 is 5.16. The number of alkyl halides is 3. The van der Waals surface area contributed by atoms with Gasteiger partial charge in [0.2, 0.25) is 0 Å². The topological polar surface area (TPSA) is 96.0 Å². The molecule has 7 nitrogen and oxygen atoms in total. The van der Waals surface area contributed by atoms with E-state index in [4.69, 9.17) is 12.2 Å². The lowest BCUT2D eigenvalue weighted by molar-refractivity contribution is -0.196. The maximum Gasteiger partial charge on any atom is 0.425 e. The van der Waals surface area contributed by atoms with Crippen molar-refractivity contribution in [2.24, 2.45) is 0 Å². The Morgan fingerprint density at radius 2 is 1.64 bits per heavy atom. The van der Waals surface area contributed by atoms with E-state index in [-0.39, 0.29) is 16.9 Å². The molecule has 2 aromatic carbocycles. The fourth-order valence-electron chi connectivity index (χ4n) is 3.76. The predicted octanol–water partition coefficient (Wildman–Crippen LogP) is 3.29. The number of fused-ring (bicyclic) bond motifs is 1. The number of anilines is 1. The number of nitrogens with zero attached hydrogens (tertiary/aromatic N) is 1. The van der Waals surface area contributed by atoms with Crippen LogP contribution in [0.15, 0.2) is 65.5 Å². The SMILES string of the molecule is O=C(N[C@@]1(C(F)(F)F)C(=O)Nc2c1c(=O)[nH]c(=S)n2CCc1ccccc1)c1ccccc1. The van der Waals surface area contributed by atoms with Crippen molar-refractivity contribution in [3.63, 3.8) is 0 Å². The van der Waals surface area contributed by atoms with E-state index in [0.717, 1.165) is 5.56 Å². The molecule has 33 heavy (non-hydrogen) atoms. The van der Waals surface area contributed by atoms with Crippen molar-refractivity contribution in [1.82, 2.24) is 14.9 Å². The van der Waals surface area contributed by atoms with Gasteiger partial charge in [0, 0.05) is 12.1 Å². The highest BCUT2D eigenvalue weighted by atomic mass is 32.1. The number of rotatable bonds is 5. The molecule has 4 rings (SSSR count). The van der Waals surface area contributed by atoms with Gasteiger partial charge in [-0.1, -0.05) is 48.5 Å². The predicted molar refractivity (Wildman–Crippen MR) is 116 cm³/mol. The number of amides is 2. The maximum atomic E-state index is 14.4. The van der Waals surface area contributed by atoms with Crippen LogP contribution in [0.25, 0.3) is 0 Å². The van der Waals surface area contributed by atoms with Gasteiger partial charge in [-0.3, -0.25) is 19.4 Å². The van der Waals surface area contributed by atoms with Gasteiger partial charge in [-0.05, 0) is 36.3 Å². The summed E-state index contributed by atoms with van der Waals surface area (Å²) in [5.74, 6) is -3.14. The number of aromatic nitrogens is 2. The first-order valence-corrected chi connectivity index (χ1v) is 10.2. The number of aromatic amines is 1. The monoisotopic (exact) mass is 474 g/mol. The summed E-state index contributed by atoms with van der Waals surface area (Å²) in [4.78, 5) is 40.4. The Morgan fingerprint density at radius 3 is 2.24 bits per heavy atom. The molecule has 0 bridgehead atoms. The third-order valence-corrected chi connectivity index (χ3v) is 5.70. The van der Waals surface area contributed by atoms with Crippen LogP contribution in [0.3, 0.4) is 0 Å². The van der Waals surface area contributed by atoms with E-state index < -0.39 is 40.5 Å². The zero-order valence-corrected chi connectivity index (χ0v) is 17.7. The van der Waals surface area contributed by atoms with Crippen LogP contribution in [0.4, 0.5) is 19.0 Å². The first-order valence-electron chi connectivity index (χ1n) is 9.82. The van der Waals surface area contributed by atoms with E-state index in [1.165, 1.54) is 28.8 Å². The van der Waals surface area contributed by atoms with Gasteiger partial charge in [0.25, 0.3) is 22.9 Å². The first-order chi connectivity index (χ1) is 15.6. The number of H-pyrrole nitrogens is 1. The molecule has 0 spiro atoms. The van der Waals surface area contributed by atoms with Crippen LogP contribution in [0.5, 0.6) is 0 Å². The highest BCUT2D eigenvalue weighted by Crippen LogP contribution is 2.45. The van der Waals surface area contributed by atoms with Crippen LogP contribution >= 0.6 is 12.2 Å². The Hall–Kier alpha value is -3.73. The standard InChI is InChI=1S/C22H17F3N4O3S/c23-22(24,25)21(28-17(30)14-9-5-2-6-10-14)15-16(26-19(21)32)29(20(33)27-18(15)31)12-11-13-7-3-1-4-8-13/h1-10H,11-12H2,(H,26,32)(H,28,30)(H,27,31,33)/t21-/m1/s1. The zero-order valence-electron chi connectivity index (χ0n) is 16.9. The van der Waals surface area contributed by atoms with Crippen molar-refractivity contribution in [1.29, 1.82) is 0 Å². The van der Waals surface area contributed by atoms with Crippen molar-refractivity contribution in [3.05, 3.63) is 92.5 Å². The van der Waals surface area contributed by atoms with Crippen LogP contribution in [0.1, 0.15) is 21.5 Å². The van der Waals surface area contributed by atoms with Crippen LogP contribution in [0, 0.1) is 4.77 Å². The minimum absolute atomic E-state index is 0.0861. The summed E-state index contributed by atoms with van der Waals surface area (Å²) in [5.41, 5.74) is -4.97. The molecule has 11 heteroatoms. The molecule has 0 aliphatic carbocycles. The number of aryl methyl sites for hydroxylation is 1. The van der Waals surface area contributed by atoms with Crippen molar-refractivity contribution in [2.45, 2.75) is 24.7 Å². The average Bonchev–Trinajstić information content (AvgIpc) is 3.08. The van der Waals surface area contributed by atoms with Crippen molar-refractivity contribution >= 4 is 29.9 Å². The Labute approximate surface area is 190 Å². The van der Waals surface area contributed by atoms with Gasteiger partial charge < -0.3 is 15.2 Å². The molecule has 170 valence electrons. The molecule has 3 aromatic rings. The molecule has 1 aliphatic heterocycles. The van der Waals surface area contributed by atoms with Crippen molar-refractivity contribution in [2.75, 3.05) is 5.32 Å². The number of halogens is 3. The fraction of sp³-hybridized carbons (Fsp3) is 0.182. The molecule has 0 saturated heterocycles. The minimum atomic E-state index is -5.32. The fourth-order valence-corrected chi connectivity index (χ4v) is 4.03. The lowest BCUT2D eigenvalue weighted by Crippen LogP contribution is -2.61. The van der Waals surface area contributed by atoms with Gasteiger partial charge in [0.05, 0.1) is 0 Å². The summed E-state index contributed by atoms with van der Waals surface area (Å²) in [6.45, 7) is 0.0861. The Kier molecular flexibility index (Phi) is 5.66. The maximum absolute atomic E-state index is 14.4. The average molecular weight is 474 g/mol. The number of nitrogens with one attached hydrogen (secondary N) is 3. The molecular formula is C22H17F3N4O3S. The van der Waals surface area contributed by atoms with Gasteiger partial charge in [-0.25, -0.2) is 0 Å². The van der Waals surface area contributed by atoms with Gasteiger partial charge >= 0.3 is 6.18 Å². The smallest absolute Gasteiger partial charge is 0.326 e. The summed E-state index contributed by atoms with van der Waals surface area (Å²) in [6, 6.07) is 16.2. The van der Waals surface area contributed by atoms with Gasteiger partial charge in [-0.15, -0.1) is 0 Å². The van der Waals surface area contributed by atoms with Crippen LogP contribution in [-0.2, 0) is 23.3 Å². The number of carbonyl (C=O) groups is 2. The Morgan fingerprint density at radius 1 is 1.03 bits per heavy atom. The zero-order chi connectivity index (χ0) is 23.8. The van der Waals surface area contributed by atoms with Crippen LogP contribution in [0.2, 0.25) is 0 Å². The molecule has 0 fully saturated rings. The first kappa shape index (κ1) is 22.5. The Bertz CT molecular complexity index is 1340. The minimum Gasteiger partial charge on any atom is -0.326 e. The van der Waals surface area contributed by atoms with Crippen molar-refractivity contribution in [3.8, 4) is 0 Å². The number of hydrogen-bond donors (Lipinski definition) is 3. The molecule has 3 N–H and O–H groups in total. The molecule has 2 heterocycles. The van der Waals surface area contributed by atoms with Gasteiger partial charge in [0.1, 0.15) is 11.4 Å². The molecule has 0 radical (unpaired) electrons. The molecule has 0 unspecified atom stereocenters. The normalized spacial score (nSPS) is 17.4. The lowest BCUT2D eigenvalue weighted by Gasteiger charge is -2.30. The third-order valence-electron chi connectivity index (χ3n) is 5.38. The highest BCUT2D eigenvalue weighted by Gasteiger charge is 2.68. The van der Waals surface area contributed by atoms with E-state index in [1.54, 1.807) is 11.4 Å². The molecule has 1 aromatic heterocycles. The second-order valence-corrected chi connectivity index (χ2v) is 7.78. The third kappa shape index (κ3) is 3.84. The second kappa shape index (κ2) is 8.32. The van der Waals surface area contributed by atoms with Gasteiger partial charge in [0.15, 0.2) is 4.77 Å². The molecule has 2 amide bonds. The quantitative estimate of drug-likeness (QED) is 0.495. The van der Waals surface area contributed by atoms with Gasteiger partial charge in [-0.2, -0.15) is 13.2 Å². The molecule has 0 saturated carbocycles. The summed E-state index contributed by atoms with van der Waals surface area (Å²) in [5, 5.41) is 3.91. The van der Waals surface area contributed by atoms with E-state index in [2.05, 4.69) is 10.3 Å². The largest absolute Gasteiger partial charge is 0.425 e. The number of hydrogen-bond acceptors (Lipinski definition) is 4. The molecule has 1 aliphatic rings. The number of carbonyl (C=O) groups excluding carboxylic acids is 2. The van der Waals surface area contributed by atoms with E-state index in [0.29, 0.717) is 6.42 Å². The molecule has 1 atom stereocenters. The lowest BCUT2D eigenvalue weighted by atomic mass is 9.91. The van der Waals surface area contributed by atoms with E-state index in [1.807, 2.05) is 30.3 Å². The van der Waals surface area contributed by atoms with Crippen molar-refractivity contribution < 1.29 is 22.8 Å². The summed E-state index contributed by atoms with van der Waals surface area (Å²) in [7, 11) is 0. The van der Waals surface area contributed by atoms with Crippen LogP contribution in [-0.4, -0.2) is 27.5 Å². The second-order valence-electron chi connectivity index (χ2n) is 7.39. The van der Waals surface area contributed by atoms with E-state index >= 15 is 0 Å². The summed E-state index contributed by atoms with van der Waals surface area (Å²) in [6.07, 6.45) is -4.95. The molecular weight excluding hydrogens is 457 g/mol. The Balaban J connectivity index is 1.84. The number of benzene rings is 2. The van der Waals surface area contributed by atoms with Crippen LogP contribution < -0.4 is 16.2 Å².